The average molecular weight is 435 g/mol. The maximum absolute atomic E-state index is 12.9. The van der Waals surface area contributed by atoms with Gasteiger partial charge in [-0.15, -0.1) is 0 Å². The van der Waals surface area contributed by atoms with Gasteiger partial charge in [0.1, 0.15) is 4.90 Å². The van der Waals surface area contributed by atoms with Crippen LogP contribution in [0.4, 0.5) is 0 Å². The molecule has 2 aliphatic heterocycles. The Balaban J connectivity index is 1.68. The number of carbonyl (C=O) groups is 1. The van der Waals surface area contributed by atoms with Crippen molar-refractivity contribution in [3.63, 3.8) is 0 Å². The zero-order valence-electron chi connectivity index (χ0n) is 15.4. The number of hydrogen-bond donors (Lipinski definition) is 0. The number of morpholine rings is 1. The van der Waals surface area contributed by atoms with E-state index in [4.69, 9.17) is 27.9 Å². The lowest BCUT2D eigenvalue weighted by Gasteiger charge is -2.40. The molecule has 6 nitrogen and oxygen atoms in total. The van der Waals surface area contributed by atoms with E-state index in [9.17, 15) is 13.2 Å². The zero-order valence-corrected chi connectivity index (χ0v) is 17.7. The van der Waals surface area contributed by atoms with Crippen LogP contribution in [0.2, 0.25) is 10.0 Å². The molecule has 2 heterocycles. The van der Waals surface area contributed by atoms with Crippen LogP contribution in [-0.2, 0) is 19.6 Å². The maximum atomic E-state index is 12.9. The van der Waals surface area contributed by atoms with Crippen molar-refractivity contribution in [2.24, 2.45) is 5.92 Å². The molecule has 1 aromatic carbocycles. The van der Waals surface area contributed by atoms with Gasteiger partial charge in [0.2, 0.25) is 15.9 Å². The first-order valence-corrected chi connectivity index (χ1v) is 11.3. The molecular weight excluding hydrogens is 411 g/mol. The Morgan fingerprint density at radius 3 is 2.52 bits per heavy atom. The van der Waals surface area contributed by atoms with Crippen molar-refractivity contribution < 1.29 is 17.9 Å². The van der Waals surface area contributed by atoms with Crippen molar-refractivity contribution in [2.75, 3.05) is 26.2 Å². The van der Waals surface area contributed by atoms with Crippen LogP contribution in [-0.4, -0.2) is 61.9 Å². The number of hydrogen-bond acceptors (Lipinski definition) is 4. The molecule has 2 atom stereocenters. The van der Waals surface area contributed by atoms with E-state index in [1.165, 1.54) is 16.4 Å². The van der Waals surface area contributed by atoms with Crippen molar-refractivity contribution in [1.82, 2.24) is 9.21 Å². The van der Waals surface area contributed by atoms with Crippen molar-refractivity contribution >= 4 is 39.1 Å². The SMILES string of the molecule is CC1CN(C(=O)C2CCN(S(=O)(=O)c3cc(Cl)ccc3Cl)CC2)C(C)CO1. The molecule has 1 amide bonds. The van der Waals surface area contributed by atoms with Gasteiger partial charge in [0.15, 0.2) is 0 Å². The lowest BCUT2D eigenvalue weighted by atomic mass is 9.95. The quantitative estimate of drug-likeness (QED) is 0.732. The largest absolute Gasteiger partial charge is 0.375 e. The molecule has 0 saturated carbocycles. The van der Waals surface area contributed by atoms with Gasteiger partial charge in [-0.05, 0) is 44.9 Å². The van der Waals surface area contributed by atoms with Crippen LogP contribution < -0.4 is 0 Å². The molecular formula is C18H24Cl2N2O4S. The molecule has 0 radical (unpaired) electrons. The molecule has 0 N–H and O–H groups in total. The van der Waals surface area contributed by atoms with Gasteiger partial charge in [-0.25, -0.2) is 8.42 Å². The van der Waals surface area contributed by atoms with Crippen LogP contribution in [0.25, 0.3) is 0 Å². The van der Waals surface area contributed by atoms with E-state index in [0.29, 0.717) is 31.0 Å². The second kappa shape index (κ2) is 8.25. The van der Waals surface area contributed by atoms with E-state index < -0.39 is 10.0 Å². The smallest absolute Gasteiger partial charge is 0.244 e. The molecule has 0 aromatic heterocycles. The molecule has 0 bridgehead atoms. The summed E-state index contributed by atoms with van der Waals surface area (Å²) in [6.07, 6.45) is 1.01. The third kappa shape index (κ3) is 4.43. The molecule has 1 aromatic rings. The van der Waals surface area contributed by atoms with E-state index in [0.717, 1.165) is 0 Å². The number of halogens is 2. The number of rotatable bonds is 3. The summed E-state index contributed by atoms with van der Waals surface area (Å²) < 4.78 is 32.8. The van der Waals surface area contributed by atoms with E-state index >= 15 is 0 Å². The third-order valence-corrected chi connectivity index (χ3v) is 7.82. The first-order valence-electron chi connectivity index (χ1n) is 9.07. The first-order chi connectivity index (χ1) is 12.7. The fourth-order valence-corrected chi connectivity index (χ4v) is 5.81. The van der Waals surface area contributed by atoms with Crippen molar-refractivity contribution in [1.29, 1.82) is 0 Å². The Morgan fingerprint density at radius 1 is 1.19 bits per heavy atom. The molecule has 150 valence electrons. The van der Waals surface area contributed by atoms with Gasteiger partial charge >= 0.3 is 0 Å². The lowest BCUT2D eigenvalue weighted by molar-refractivity contribution is -0.148. The summed E-state index contributed by atoms with van der Waals surface area (Å²) in [6.45, 7) is 5.62. The molecule has 2 unspecified atom stereocenters. The van der Waals surface area contributed by atoms with E-state index in [1.54, 1.807) is 6.07 Å². The first kappa shape index (κ1) is 20.9. The predicted molar refractivity (Wildman–Crippen MR) is 105 cm³/mol. The highest BCUT2D eigenvalue weighted by atomic mass is 35.5. The molecule has 0 spiro atoms. The standard InChI is InChI=1S/C18H24Cl2N2O4S/c1-12-11-26-13(2)10-22(12)18(23)14-5-7-21(8-6-14)27(24,25)17-9-15(19)3-4-16(17)20/h3-4,9,12-14H,5-8,10-11H2,1-2H3. The molecule has 2 aliphatic rings. The summed E-state index contributed by atoms with van der Waals surface area (Å²) >= 11 is 12.0. The average Bonchev–Trinajstić information content (AvgIpc) is 2.65. The highest BCUT2D eigenvalue weighted by molar-refractivity contribution is 7.89. The van der Waals surface area contributed by atoms with E-state index in [-0.39, 0.29) is 47.0 Å². The lowest BCUT2D eigenvalue weighted by Crippen LogP contribution is -2.53. The summed E-state index contributed by atoms with van der Waals surface area (Å²) in [7, 11) is -3.74. The summed E-state index contributed by atoms with van der Waals surface area (Å²) in [5.74, 6) is -0.0745. The second-order valence-electron chi connectivity index (χ2n) is 7.24. The highest BCUT2D eigenvalue weighted by Crippen LogP contribution is 2.31. The molecule has 3 rings (SSSR count). The topological polar surface area (TPSA) is 66.9 Å². The van der Waals surface area contributed by atoms with Gasteiger partial charge in [0, 0.05) is 30.6 Å². The van der Waals surface area contributed by atoms with Gasteiger partial charge in [0.05, 0.1) is 23.8 Å². The summed E-state index contributed by atoms with van der Waals surface area (Å²) in [6, 6.07) is 4.44. The van der Waals surface area contributed by atoms with E-state index in [2.05, 4.69) is 0 Å². The predicted octanol–water partition coefficient (Wildman–Crippen LogP) is 3.03. The minimum Gasteiger partial charge on any atom is -0.375 e. The Kier molecular flexibility index (Phi) is 6.37. The number of nitrogens with zero attached hydrogens (tertiary/aromatic N) is 2. The number of ether oxygens (including phenoxy) is 1. The van der Waals surface area contributed by atoms with Crippen LogP contribution >= 0.6 is 23.2 Å². The summed E-state index contributed by atoms with van der Waals surface area (Å²) in [4.78, 5) is 14.8. The number of benzene rings is 1. The fraction of sp³-hybridized carbons (Fsp3) is 0.611. The minimum absolute atomic E-state index is 0.0112. The Morgan fingerprint density at radius 2 is 1.85 bits per heavy atom. The van der Waals surface area contributed by atoms with Crippen LogP contribution in [0, 0.1) is 5.92 Å². The summed E-state index contributed by atoms with van der Waals surface area (Å²) in [5, 5.41) is 0.465. The van der Waals surface area contributed by atoms with Gasteiger partial charge in [-0.2, -0.15) is 4.31 Å². The van der Waals surface area contributed by atoms with Gasteiger partial charge in [0.25, 0.3) is 0 Å². The Bertz CT molecular complexity index is 810. The van der Waals surface area contributed by atoms with Gasteiger partial charge < -0.3 is 9.64 Å². The van der Waals surface area contributed by atoms with Crippen molar-refractivity contribution in [3.05, 3.63) is 28.2 Å². The highest BCUT2D eigenvalue weighted by Gasteiger charge is 2.37. The molecule has 27 heavy (non-hydrogen) atoms. The molecule has 0 aliphatic carbocycles. The monoisotopic (exact) mass is 434 g/mol. The Hall–Kier alpha value is -0.860. The van der Waals surface area contributed by atoms with Crippen LogP contribution in [0.15, 0.2) is 23.1 Å². The second-order valence-corrected chi connectivity index (χ2v) is 9.99. The maximum Gasteiger partial charge on any atom is 0.244 e. The number of sulfonamides is 1. The van der Waals surface area contributed by atoms with Crippen LogP contribution in [0.1, 0.15) is 26.7 Å². The number of amides is 1. The van der Waals surface area contributed by atoms with E-state index in [1.807, 2.05) is 18.7 Å². The van der Waals surface area contributed by atoms with Crippen LogP contribution in [0.3, 0.4) is 0 Å². The Labute approximate surface area is 170 Å². The summed E-state index contributed by atoms with van der Waals surface area (Å²) in [5.41, 5.74) is 0. The molecule has 2 fully saturated rings. The number of carbonyl (C=O) groups excluding carboxylic acids is 1. The van der Waals surface area contributed by atoms with Crippen molar-refractivity contribution in [3.8, 4) is 0 Å². The van der Waals surface area contributed by atoms with Crippen molar-refractivity contribution in [2.45, 2.75) is 43.7 Å². The molecule has 9 heteroatoms. The number of piperidine rings is 1. The van der Waals surface area contributed by atoms with Crippen LogP contribution in [0.5, 0.6) is 0 Å². The normalized spacial score (nSPS) is 25.6. The molecule has 2 saturated heterocycles. The fourth-order valence-electron chi connectivity index (χ4n) is 3.60. The van der Waals surface area contributed by atoms with Gasteiger partial charge in [-0.3, -0.25) is 4.79 Å². The zero-order chi connectivity index (χ0) is 19.8. The van der Waals surface area contributed by atoms with Gasteiger partial charge in [-0.1, -0.05) is 23.2 Å². The third-order valence-electron chi connectivity index (χ3n) is 5.21. The minimum atomic E-state index is -3.74.